The zero-order valence-electron chi connectivity index (χ0n) is 20.0. The number of unbranched alkanes of at least 4 members (excludes halogenated alkanes) is 3. The topological polar surface area (TPSA) is 0 Å². The van der Waals surface area contributed by atoms with E-state index in [1.165, 1.54) is 19.3 Å². The molecule has 0 amide bonds. The summed E-state index contributed by atoms with van der Waals surface area (Å²) in [5, 5.41) is 0. The van der Waals surface area contributed by atoms with Crippen LogP contribution in [-0.4, -0.2) is 0 Å². The minimum absolute atomic E-state index is 0.0111. The van der Waals surface area contributed by atoms with E-state index in [2.05, 4.69) is 13.8 Å². The molecule has 0 spiro atoms. The van der Waals surface area contributed by atoms with Crippen molar-refractivity contribution in [3.8, 4) is 11.1 Å². The van der Waals surface area contributed by atoms with Gasteiger partial charge < -0.3 is 0 Å². The van der Waals surface area contributed by atoms with Crippen LogP contribution < -0.4 is 0 Å². The van der Waals surface area contributed by atoms with E-state index in [0.29, 0.717) is 29.0 Å². The molecule has 4 rings (SSSR count). The third-order valence-electron chi connectivity index (χ3n) is 7.85. The van der Waals surface area contributed by atoms with Gasteiger partial charge in [0.15, 0.2) is 0 Å². The first-order valence-corrected chi connectivity index (χ1v) is 12.9. The van der Waals surface area contributed by atoms with Crippen LogP contribution in [-0.2, 0) is 18.8 Å². The second-order valence-electron chi connectivity index (χ2n) is 10.2. The third kappa shape index (κ3) is 4.86. The van der Waals surface area contributed by atoms with E-state index in [-0.39, 0.29) is 17.0 Å². The molecule has 0 N–H and O–H groups in total. The van der Waals surface area contributed by atoms with Gasteiger partial charge in [-0.1, -0.05) is 70.2 Å². The van der Waals surface area contributed by atoms with Crippen LogP contribution in [0.1, 0.15) is 106 Å². The number of rotatable bonds is 8. The normalized spacial score (nSPS) is 21.5. The van der Waals surface area contributed by atoms with Crippen molar-refractivity contribution in [2.24, 2.45) is 5.92 Å². The smallest absolute Gasteiger partial charge is 0.206 e. The summed E-state index contributed by atoms with van der Waals surface area (Å²) in [5.74, 6) is -4.06. The van der Waals surface area contributed by atoms with Gasteiger partial charge in [0.1, 0.15) is 11.6 Å². The Morgan fingerprint density at radius 3 is 2.21 bits per heavy atom. The fourth-order valence-electron chi connectivity index (χ4n) is 5.91. The fraction of sp³-hybridized carbons (Fsp3) is 0.586. The summed E-state index contributed by atoms with van der Waals surface area (Å²) in [5.41, 5.74) is 0.976. The van der Waals surface area contributed by atoms with Gasteiger partial charge in [-0.2, -0.15) is 0 Å². The summed E-state index contributed by atoms with van der Waals surface area (Å²) in [7, 11) is 0. The van der Waals surface area contributed by atoms with Crippen LogP contribution in [0.3, 0.4) is 0 Å². The summed E-state index contributed by atoms with van der Waals surface area (Å²) in [4.78, 5) is 0. The summed E-state index contributed by atoms with van der Waals surface area (Å²) in [6, 6.07) is 6.70. The standard InChI is InChI=1S/C29H36F4/c1-3-5-7-9-21-14-15-23-24-17-16-22(20-12-10-19(11-13-20)8-6-4-2)28(31)26(24)29(32,33)18-25(23)27(21)30/h14-17,19-20H,3-13,18H2,1-2H3. The number of benzene rings is 2. The number of halogens is 4. The van der Waals surface area contributed by atoms with Crippen molar-refractivity contribution in [1.82, 2.24) is 0 Å². The van der Waals surface area contributed by atoms with Crippen molar-refractivity contribution < 1.29 is 17.6 Å². The molecule has 180 valence electrons. The molecule has 4 heteroatoms. The van der Waals surface area contributed by atoms with Gasteiger partial charge >= 0.3 is 0 Å². The molecule has 2 aliphatic carbocycles. The van der Waals surface area contributed by atoms with Crippen molar-refractivity contribution in [2.75, 3.05) is 0 Å². The molecule has 0 heterocycles. The molecule has 0 radical (unpaired) electrons. The Morgan fingerprint density at radius 1 is 0.818 bits per heavy atom. The molecule has 0 atom stereocenters. The summed E-state index contributed by atoms with van der Waals surface area (Å²) < 4.78 is 61.4. The molecule has 0 nitrogen and oxygen atoms in total. The quantitative estimate of drug-likeness (QED) is 0.272. The maximum Gasteiger partial charge on any atom is 0.280 e. The van der Waals surface area contributed by atoms with E-state index < -0.39 is 29.5 Å². The van der Waals surface area contributed by atoms with Gasteiger partial charge in [0.2, 0.25) is 0 Å². The van der Waals surface area contributed by atoms with Gasteiger partial charge in [-0.05, 0) is 72.6 Å². The molecule has 0 aromatic heterocycles. The van der Waals surface area contributed by atoms with Crippen LogP contribution in [0.15, 0.2) is 24.3 Å². The molecule has 0 unspecified atom stereocenters. The van der Waals surface area contributed by atoms with Crippen LogP contribution in [0.4, 0.5) is 17.6 Å². The van der Waals surface area contributed by atoms with Gasteiger partial charge in [0.25, 0.3) is 5.92 Å². The maximum absolute atomic E-state index is 15.6. The van der Waals surface area contributed by atoms with Gasteiger partial charge in [0.05, 0.1) is 5.56 Å². The van der Waals surface area contributed by atoms with Crippen molar-refractivity contribution in [2.45, 2.75) is 103 Å². The Hall–Kier alpha value is -1.84. The van der Waals surface area contributed by atoms with Crippen molar-refractivity contribution in [3.63, 3.8) is 0 Å². The van der Waals surface area contributed by atoms with E-state index in [9.17, 15) is 0 Å². The van der Waals surface area contributed by atoms with Crippen LogP contribution in [0.5, 0.6) is 0 Å². The molecule has 0 aliphatic heterocycles. The lowest BCUT2D eigenvalue weighted by atomic mass is 9.74. The highest BCUT2D eigenvalue weighted by Gasteiger charge is 2.44. The lowest BCUT2D eigenvalue weighted by Gasteiger charge is -2.33. The Labute approximate surface area is 195 Å². The maximum atomic E-state index is 15.6. The van der Waals surface area contributed by atoms with Crippen molar-refractivity contribution >= 4 is 0 Å². The van der Waals surface area contributed by atoms with Gasteiger partial charge in [-0.15, -0.1) is 0 Å². The molecule has 2 aliphatic rings. The largest absolute Gasteiger partial charge is 0.280 e. The Bertz CT molecular complexity index is 970. The van der Waals surface area contributed by atoms with E-state index in [1.54, 1.807) is 24.3 Å². The number of alkyl halides is 2. The molecule has 0 bridgehead atoms. The highest BCUT2D eigenvalue weighted by atomic mass is 19.3. The van der Waals surface area contributed by atoms with E-state index in [1.807, 2.05) is 0 Å². The minimum atomic E-state index is -3.41. The van der Waals surface area contributed by atoms with E-state index >= 15 is 17.6 Å². The monoisotopic (exact) mass is 460 g/mol. The van der Waals surface area contributed by atoms with E-state index in [4.69, 9.17) is 0 Å². The van der Waals surface area contributed by atoms with Crippen LogP contribution >= 0.6 is 0 Å². The van der Waals surface area contributed by atoms with Gasteiger partial charge in [0, 0.05) is 12.0 Å². The summed E-state index contributed by atoms with van der Waals surface area (Å²) >= 11 is 0. The van der Waals surface area contributed by atoms with E-state index in [0.717, 1.165) is 44.9 Å². The minimum Gasteiger partial charge on any atom is -0.206 e. The van der Waals surface area contributed by atoms with Gasteiger partial charge in [-0.25, -0.2) is 17.6 Å². The van der Waals surface area contributed by atoms with Crippen molar-refractivity contribution in [3.05, 3.63) is 58.2 Å². The SMILES string of the molecule is CCCCCc1ccc2c(c1F)CC(F)(F)c1c-2ccc(C2CCC(CCCC)CC2)c1F. The predicted octanol–water partition coefficient (Wildman–Crippen LogP) is 9.48. The summed E-state index contributed by atoms with van der Waals surface area (Å²) in [6.45, 7) is 4.26. The molecule has 0 saturated heterocycles. The van der Waals surface area contributed by atoms with Crippen molar-refractivity contribution in [1.29, 1.82) is 0 Å². The zero-order chi connectivity index (χ0) is 23.6. The molecule has 2 aromatic rings. The highest BCUT2D eigenvalue weighted by Crippen LogP contribution is 2.50. The molecular weight excluding hydrogens is 424 g/mol. The number of aryl methyl sites for hydroxylation is 1. The number of fused-ring (bicyclic) bond motifs is 3. The first-order valence-electron chi connectivity index (χ1n) is 12.9. The van der Waals surface area contributed by atoms with Crippen LogP contribution in [0.25, 0.3) is 11.1 Å². The predicted molar refractivity (Wildman–Crippen MR) is 127 cm³/mol. The Morgan fingerprint density at radius 2 is 1.52 bits per heavy atom. The Balaban J connectivity index is 1.64. The lowest BCUT2D eigenvalue weighted by molar-refractivity contribution is -0.00939. The van der Waals surface area contributed by atoms with Crippen LogP contribution in [0.2, 0.25) is 0 Å². The Kier molecular flexibility index (Phi) is 7.50. The number of hydrogen-bond acceptors (Lipinski definition) is 0. The molecule has 1 saturated carbocycles. The second kappa shape index (κ2) is 10.2. The first-order chi connectivity index (χ1) is 15.9. The summed E-state index contributed by atoms with van der Waals surface area (Å²) in [6.07, 6.45) is 9.95. The average molecular weight is 461 g/mol. The zero-order valence-corrected chi connectivity index (χ0v) is 20.0. The number of hydrogen-bond donors (Lipinski definition) is 0. The lowest BCUT2D eigenvalue weighted by Crippen LogP contribution is -2.27. The molecule has 1 fully saturated rings. The molecule has 33 heavy (non-hydrogen) atoms. The van der Waals surface area contributed by atoms with Crippen LogP contribution in [0, 0.1) is 17.6 Å². The third-order valence-corrected chi connectivity index (χ3v) is 7.85. The molecule has 2 aromatic carbocycles. The van der Waals surface area contributed by atoms with Gasteiger partial charge in [-0.3, -0.25) is 0 Å². The molecular formula is C29H36F4. The highest BCUT2D eigenvalue weighted by molar-refractivity contribution is 5.75. The average Bonchev–Trinajstić information content (AvgIpc) is 2.80. The fourth-order valence-corrected chi connectivity index (χ4v) is 5.91. The first kappa shape index (κ1) is 24.3. The second-order valence-corrected chi connectivity index (χ2v) is 10.2.